The second kappa shape index (κ2) is 7.65. The molecule has 146 valence electrons. The number of para-hydroxylation sites is 1. The highest BCUT2D eigenvalue weighted by Crippen LogP contribution is 2.40. The molecule has 1 aromatic heterocycles. The minimum atomic E-state index is -0.616. The smallest absolute Gasteiger partial charge is 0.282 e. The summed E-state index contributed by atoms with van der Waals surface area (Å²) in [4.78, 5) is 39.0. The van der Waals surface area contributed by atoms with Crippen LogP contribution in [-0.2, 0) is 4.79 Å². The molecule has 29 heavy (non-hydrogen) atoms. The van der Waals surface area contributed by atoms with E-state index in [0.29, 0.717) is 16.3 Å². The molecule has 2 aromatic carbocycles. The first-order valence-corrected chi connectivity index (χ1v) is 9.88. The Kier molecular flexibility index (Phi) is 5.04. The summed E-state index contributed by atoms with van der Waals surface area (Å²) in [7, 11) is 0. The third-order valence-electron chi connectivity index (χ3n) is 4.61. The zero-order valence-corrected chi connectivity index (χ0v) is 16.4. The number of hydrogen-bond acceptors (Lipinski definition) is 5. The second-order valence-electron chi connectivity index (χ2n) is 6.41. The van der Waals surface area contributed by atoms with Crippen LogP contribution in [0.2, 0.25) is 5.02 Å². The number of nitrogens with zero attached hydrogens (tertiary/aromatic N) is 2. The van der Waals surface area contributed by atoms with Crippen molar-refractivity contribution in [2.45, 2.75) is 6.04 Å². The van der Waals surface area contributed by atoms with Crippen molar-refractivity contribution in [1.29, 1.82) is 0 Å². The lowest BCUT2D eigenvalue weighted by atomic mass is 10.0. The van der Waals surface area contributed by atoms with Crippen LogP contribution in [0.5, 0.6) is 0 Å². The first-order chi connectivity index (χ1) is 14.0. The molecule has 0 saturated carbocycles. The van der Waals surface area contributed by atoms with Crippen LogP contribution in [0.1, 0.15) is 26.8 Å². The summed E-state index contributed by atoms with van der Waals surface area (Å²) in [6, 6.07) is 13.9. The minimum absolute atomic E-state index is 0.0719. The van der Waals surface area contributed by atoms with E-state index in [2.05, 4.69) is 5.32 Å². The van der Waals surface area contributed by atoms with Gasteiger partial charge >= 0.3 is 0 Å². The first kappa shape index (κ1) is 19.1. The average Bonchev–Trinajstić information content (AvgIpc) is 3.18. The van der Waals surface area contributed by atoms with Crippen molar-refractivity contribution < 1.29 is 14.5 Å². The van der Waals surface area contributed by atoms with Crippen molar-refractivity contribution in [2.75, 3.05) is 11.9 Å². The van der Waals surface area contributed by atoms with Crippen LogP contribution in [0.3, 0.4) is 0 Å². The number of carbonyl (C=O) groups is 2. The van der Waals surface area contributed by atoms with Crippen molar-refractivity contribution in [2.24, 2.45) is 0 Å². The number of halogens is 1. The molecule has 1 aliphatic heterocycles. The van der Waals surface area contributed by atoms with Gasteiger partial charge in [0.25, 0.3) is 11.6 Å². The van der Waals surface area contributed by atoms with Crippen LogP contribution in [0, 0.1) is 10.1 Å². The third kappa shape index (κ3) is 3.59. The molecule has 0 fully saturated rings. The van der Waals surface area contributed by atoms with Crippen molar-refractivity contribution in [3.05, 3.63) is 91.1 Å². The van der Waals surface area contributed by atoms with E-state index in [-0.39, 0.29) is 23.7 Å². The summed E-state index contributed by atoms with van der Waals surface area (Å²) in [5.41, 5.74) is 0.823. The summed E-state index contributed by atoms with van der Waals surface area (Å²) < 4.78 is 0. The summed E-state index contributed by atoms with van der Waals surface area (Å²) in [5, 5.41) is 16.6. The van der Waals surface area contributed by atoms with Crippen LogP contribution >= 0.6 is 22.9 Å². The molecular weight excluding hydrogens is 414 g/mol. The summed E-state index contributed by atoms with van der Waals surface area (Å²) in [6.07, 6.45) is 0. The number of amides is 2. The molecule has 1 atom stereocenters. The third-order valence-corrected chi connectivity index (χ3v) is 5.77. The lowest BCUT2D eigenvalue weighted by Crippen LogP contribution is -2.39. The molecule has 9 heteroatoms. The van der Waals surface area contributed by atoms with Gasteiger partial charge in [-0.1, -0.05) is 29.8 Å². The number of nitro benzene ring substituents is 1. The maximum atomic E-state index is 13.4. The van der Waals surface area contributed by atoms with Gasteiger partial charge in [0, 0.05) is 27.2 Å². The monoisotopic (exact) mass is 427 g/mol. The summed E-state index contributed by atoms with van der Waals surface area (Å²) in [5.74, 6) is -0.988. The highest BCUT2D eigenvalue weighted by Gasteiger charge is 2.36. The maximum Gasteiger partial charge on any atom is 0.282 e. The van der Waals surface area contributed by atoms with Gasteiger partial charge in [0.2, 0.25) is 5.91 Å². The molecule has 2 amide bonds. The predicted molar refractivity (Wildman–Crippen MR) is 110 cm³/mol. The quantitative estimate of drug-likeness (QED) is 0.492. The molecule has 7 nitrogen and oxygen atoms in total. The summed E-state index contributed by atoms with van der Waals surface area (Å²) >= 11 is 7.63. The van der Waals surface area contributed by atoms with Crippen LogP contribution in [0.25, 0.3) is 0 Å². The van der Waals surface area contributed by atoms with E-state index in [4.69, 9.17) is 11.6 Å². The largest absolute Gasteiger partial charge is 0.324 e. The number of carbonyl (C=O) groups excluding carboxylic acids is 2. The Morgan fingerprint density at radius 3 is 2.72 bits per heavy atom. The molecule has 0 aliphatic carbocycles. The van der Waals surface area contributed by atoms with E-state index in [0.717, 1.165) is 4.88 Å². The lowest BCUT2D eigenvalue weighted by molar-refractivity contribution is -0.385. The predicted octanol–water partition coefficient (Wildman–Crippen LogP) is 4.49. The van der Waals surface area contributed by atoms with Crippen molar-refractivity contribution in [3.8, 4) is 0 Å². The number of fused-ring (bicyclic) bond motifs is 1. The van der Waals surface area contributed by atoms with Crippen LogP contribution in [0.15, 0.2) is 60.0 Å². The normalized spacial score (nSPS) is 16.0. The van der Waals surface area contributed by atoms with E-state index >= 15 is 0 Å². The number of nitrogens with one attached hydrogen (secondary N) is 1. The fourth-order valence-electron chi connectivity index (χ4n) is 3.39. The van der Waals surface area contributed by atoms with E-state index in [1.54, 1.807) is 24.3 Å². The molecule has 4 rings (SSSR count). The molecule has 2 heterocycles. The molecular formula is C20H14ClN3O4S. The van der Waals surface area contributed by atoms with Gasteiger partial charge in [-0.05, 0) is 35.7 Å². The topological polar surface area (TPSA) is 92.5 Å². The average molecular weight is 428 g/mol. The highest BCUT2D eigenvalue weighted by molar-refractivity contribution is 7.10. The Hall–Kier alpha value is -3.23. The molecule has 1 N–H and O–H groups in total. The standard InChI is InChI=1S/C20H14ClN3O4S/c21-12-7-8-15-14(10-12)19(17-6-3-9-29-17)23(11-18(25)22-15)20(26)13-4-1-2-5-16(13)24(27)28/h1-10,19H,11H2,(H,22,25). The Labute approximate surface area is 174 Å². The summed E-state index contributed by atoms with van der Waals surface area (Å²) in [6.45, 7) is -0.250. The zero-order chi connectivity index (χ0) is 20.5. The number of nitro groups is 1. The van der Waals surface area contributed by atoms with Crippen LogP contribution in [0.4, 0.5) is 11.4 Å². The van der Waals surface area contributed by atoms with Crippen LogP contribution < -0.4 is 5.32 Å². The molecule has 0 saturated heterocycles. The SMILES string of the molecule is O=C1CN(C(=O)c2ccccc2[N+](=O)[O-])C(c2cccs2)c2cc(Cl)ccc2N1. The van der Waals surface area contributed by atoms with Crippen molar-refractivity contribution >= 4 is 46.1 Å². The van der Waals surface area contributed by atoms with E-state index in [1.165, 1.54) is 34.4 Å². The van der Waals surface area contributed by atoms with Crippen molar-refractivity contribution in [1.82, 2.24) is 4.90 Å². The van der Waals surface area contributed by atoms with Gasteiger partial charge in [-0.15, -0.1) is 11.3 Å². The lowest BCUT2D eigenvalue weighted by Gasteiger charge is -2.29. The van der Waals surface area contributed by atoms with Gasteiger partial charge in [-0.2, -0.15) is 0 Å². The Morgan fingerprint density at radius 1 is 1.21 bits per heavy atom. The molecule has 3 aromatic rings. The number of anilines is 1. The Bertz CT molecular complexity index is 1120. The molecule has 1 aliphatic rings. The number of thiophene rings is 1. The number of benzene rings is 2. The maximum absolute atomic E-state index is 13.4. The van der Waals surface area contributed by atoms with Gasteiger partial charge in [0.05, 0.1) is 11.0 Å². The van der Waals surface area contributed by atoms with Gasteiger partial charge in [0.1, 0.15) is 12.1 Å². The second-order valence-corrected chi connectivity index (χ2v) is 7.82. The van der Waals surface area contributed by atoms with Crippen LogP contribution in [-0.4, -0.2) is 28.2 Å². The fourth-order valence-corrected chi connectivity index (χ4v) is 4.42. The first-order valence-electron chi connectivity index (χ1n) is 8.63. The fraction of sp³-hybridized carbons (Fsp3) is 0.100. The molecule has 0 spiro atoms. The number of hydrogen-bond donors (Lipinski definition) is 1. The molecule has 0 radical (unpaired) electrons. The minimum Gasteiger partial charge on any atom is -0.324 e. The van der Waals surface area contributed by atoms with E-state index < -0.39 is 16.9 Å². The van der Waals surface area contributed by atoms with E-state index in [9.17, 15) is 19.7 Å². The zero-order valence-electron chi connectivity index (χ0n) is 14.9. The van der Waals surface area contributed by atoms with Gasteiger partial charge in [0.15, 0.2) is 0 Å². The Balaban J connectivity index is 1.90. The highest BCUT2D eigenvalue weighted by atomic mass is 35.5. The van der Waals surface area contributed by atoms with Gasteiger partial charge in [-0.3, -0.25) is 19.7 Å². The van der Waals surface area contributed by atoms with E-state index in [1.807, 2.05) is 17.5 Å². The number of rotatable bonds is 3. The Morgan fingerprint density at radius 2 is 2.00 bits per heavy atom. The molecule has 1 unspecified atom stereocenters. The van der Waals surface area contributed by atoms with Crippen molar-refractivity contribution in [3.63, 3.8) is 0 Å². The van der Waals surface area contributed by atoms with Gasteiger partial charge < -0.3 is 10.2 Å². The van der Waals surface area contributed by atoms with Gasteiger partial charge in [-0.25, -0.2) is 0 Å². The molecule has 0 bridgehead atoms.